The van der Waals surface area contributed by atoms with Crippen LogP contribution in [-0.4, -0.2) is 5.97 Å². The van der Waals surface area contributed by atoms with Crippen LogP contribution in [-0.2, 0) is 10.2 Å². The van der Waals surface area contributed by atoms with Crippen LogP contribution in [0.15, 0.2) is 18.2 Å². The van der Waals surface area contributed by atoms with Gasteiger partial charge in [0.2, 0.25) is 0 Å². The van der Waals surface area contributed by atoms with Crippen LogP contribution >= 0.6 is 0 Å². The fraction of sp³-hybridized carbons (Fsp3) is 0.533. The zero-order valence-corrected chi connectivity index (χ0v) is 10.7. The van der Waals surface area contributed by atoms with Crippen molar-refractivity contribution in [2.75, 3.05) is 0 Å². The number of hydrogen-bond acceptors (Lipinski definition) is 2. The Morgan fingerprint density at radius 2 is 2.00 bits per heavy atom. The highest BCUT2D eigenvalue weighted by Crippen LogP contribution is 2.59. The number of carbonyl (C=O) groups is 1. The van der Waals surface area contributed by atoms with Crippen LogP contribution in [0.25, 0.3) is 0 Å². The molecule has 2 nitrogen and oxygen atoms in total. The van der Waals surface area contributed by atoms with Gasteiger partial charge in [-0.3, -0.25) is 4.79 Å². The van der Waals surface area contributed by atoms with E-state index in [0.29, 0.717) is 0 Å². The molecule has 90 valence electrons. The van der Waals surface area contributed by atoms with Crippen molar-refractivity contribution < 1.29 is 9.53 Å². The molecule has 1 aromatic carbocycles. The van der Waals surface area contributed by atoms with Crippen molar-refractivity contribution in [3.63, 3.8) is 0 Å². The normalized spacial score (nSPS) is 29.5. The summed E-state index contributed by atoms with van der Waals surface area (Å²) in [5.41, 5.74) is 1.92. The van der Waals surface area contributed by atoms with Crippen molar-refractivity contribution in [2.24, 2.45) is 5.41 Å². The van der Waals surface area contributed by atoms with Gasteiger partial charge in [-0.25, -0.2) is 0 Å². The van der Waals surface area contributed by atoms with Crippen molar-refractivity contribution in [2.45, 2.75) is 45.4 Å². The predicted octanol–water partition coefficient (Wildman–Crippen LogP) is 3.36. The second-order valence-electron chi connectivity index (χ2n) is 6.03. The minimum Gasteiger partial charge on any atom is -0.426 e. The molecule has 1 heterocycles. The smallest absolute Gasteiger partial charge is 0.322 e. The summed E-state index contributed by atoms with van der Waals surface area (Å²) in [6, 6.07) is 6.08. The van der Waals surface area contributed by atoms with Crippen molar-refractivity contribution >= 4 is 5.97 Å². The van der Waals surface area contributed by atoms with Gasteiger partial charge in [0.15, 0.2) is 0 Å². The van der Waals surface area contributed by atoms with Crippen LogP contribution in [0.2, 0.25) is 0 Å². The molecule has 1 aliphatic heterocycles. The summed E-state index contributed by atoms with van der Waals surface area (Å²) in [4.78, 5) is 12.4. The maximum atomic E-state index is 12.4. The standard InChI is InChI=1S/C15H18O2/c1-10-5-6-12-11(9-10)15(13(16)17-12)8-4-7-14(15,2)3/h5-6,9H,4,7-8H2,1-3H3/t15-/m0/s1. The quantitative estimate of drug-likeness (QED) is 0.504. The summed E-state index contributed by atoms with van der Waals surface area (Å²) >= 11 is 0. The highest BCUT2D eigenvalue weighted by Gasteiger charge is 2.60. The summed E-state index contributed by atoms with van der Waals surface area (Å²) in [5.74, 6) is 0.733. The highest BCUT2D eigenvalue weighted by molar-refractivity contribution is 5.92. The molecule has 17 heavy (non-hydrogen) atoms. The summed E-state index contributed by atoms with van der Waals surface area (Å²) in [5, 5.41) is 0. The van der Waals surface area contributed by atoms with E-state index in [1.807, 2.05) is 12.1 Å². The SMILES string of the molecule is Cc1ccc2c(c1)[C@@]1(CCCC1(C)C)C(=O)O2. The van der Waals surface area contributed by atoms with Gasteiger partial charge in [-0.2, -0.15) is 0 Å². The highest BCUT2D eigenvalue weighted by atomic mass is 16.5. The zero-order valence-electron chi connectivity index (χ0n) is 10.7. The van der Waals surface area contributed by atoms with E-state index < -0.39 is 5.41 Å². The number of aryl methyl sites for hydroxylation is 1. The molecule has 2 heteroatoms. The molecule has 0 radical (unpaired) electrons. The molecule has 1 spiro atoms. The minimum atomic E-state index is -0.394. The van der Waals surface area contributed by atoms with Gasteiger partial charge >= 0.3 is 5.97 Å². The molecule has 0 aromatic heterocycles. The van der Waals surface area contributed by atoms with Crippen molar-refractivity contribution in [1.82, 2.24) is 0 Å². The lowest BCUT2D eigenvalue weighted by atomic mass is 9.64. The molecule has 0 bridgehead atoms. The molecular weight excluding hydrogens is 212 g/mol. The molecule has 1 saturated carbocycles. The van der Waals surface area contributed by atoms with Gasteiger partial charge in [-0.15, -0.1) is 0 Å². The number of fused-ring (bicyclic) bond motifs is 2. The lowest BCUT2D eigenvalue weighted by Crippen LogP contribution is -2.42. The maximum absolute atomic E-state index is 12.4. The van der Waals surface area contributed by atoms with Crippen LogP contribution < -0.4 is 4.74 Å². The van der Waals surface area contributed by atoms with Gasteiger partial charge in [0.1, 0.15) is 11.2 Å². The fourth-order valence-corrected chi connectivity index (χ4v) is 3.59. The van der Waals surface area contributed by atoms with E-state index in [4.69, 9.17) is 4.74 Å². The average Bonchev–Trinajstić information content (AvgIpc) is 2.70. The Bertz CT molecular complexity index is 502. The molecule has 0 saturated heterocycles. The van der Waals surface area contributed by atoms with Crippen LogP contribution in [0.4, 0.5) is 0 Å². The minimum absolute atomic E-state index is 0.00310. The van der Waals surface area contributed by atoms with E-state index in [0.717, 1.165) is 30.6 Å². The third-order valence-corrected chi connectivity index (χ3v) is 4.65. The van der Waals surface area contributed by atoms with E-state index in [2.05, 4.69) is 26.8 Å². The van der Waals surface area contributed by atoms with E-state index in [1.54, 1.807) is 0 Å². The van der Waals surface area contributed by atoms with Gasteiger partial charge in [0.05, 0.1) is 0 Å². The molecule has 1 fully saturated rings. The van der Waals surface area contributed by atoms with Gasteiger partial charge < -0.3 is 4.74 Å². The molecule has 1 aliphatic carbocycles. The Labute approximate surface area is 102 Å². The molecule has 2 aliphatic rings. The number of rotatable bonds is 0. The summed E-state index contributed by atoms with van der Waals surface area (Å²) in [6.07, 6.45) is 3.13. The number of esters is 1. The van der Waals surface area contributed by atoms with Crippen molar-refractivity contribution in [3.8, 4) is 5.75 Å². The Kier molecular flexibility index (Phi) is 1.99. The first kappa shape index (κ1) is 10.8. The first-order valence-electron chi connectivity index (χ1n) is 6.31. The second-order valence-corrected chi connectivity index (χ2v) is 6.03. The van der Waals surface area contributed by atoms with Gasteiger partial charge in [0, 0.05) is 5.56 Å². The Balaban J connectivity index is 2.26. The Morgan fingerprint density at radius 3 is 2.65 bits per heavy atom. The summed E-state index contributed by atoms with van der Waals surface area (Å²) in [6.45, 7) is 6.45. The number of ether oxygens (including phenoxy) is 1. The Hall–Kier alpha value is -1.31. The first-order chi connectivity index (χ1) is 7.97. The topological polar surface area (TPSA) is 26.3 Å². The van der Waals surface area contributed by atoms with Crippen LogP contribution in [0.5, 0.6) is 5.75 Å². The van der Waals surface area contributed by atoms with E-state index in [-0.39, 0.29) is 11.4 Å². The monoisotopic (exact) mass is 230 g/mol. The van der Waals surface area contributed by atoms with E-state index in [9.17, 15) is 4.79 Å². The number of hydrogen-bond donors (Lipinski definition) is 0. The van der Waals surface area contributed by atoms with E-state index >= 15 is 0 Å². The van der Waals surface area contributed by atoms with Gasteiger partial charge in [-0.05, 0) is 31.2 Å². The molecular formula is C15H18O2. The average molecular weight is 230 g/mol. The molecule has 0 N–H and O–H groups in total. The van der Waals surface area contributed by atoms with Crippen molar-refractivity contribution in [1.29, 1.82) is 0 Å². The third kappa shape index (κ3) is 1.18. The van der Waals surface area contributed by atoms with Crippen LogP contribution in [0, 0.1) is 12.3 Å². The molecule has 0 unspecified atom stereocenters. The Morgan fingerprint density at radius 1 is 1.24 bits per heavy atom. The largest absolute Gasteiger partial charge is 0.426 e. The molecule has 1 aromatic rings. The van der Waals surface area contributed by atoms with Crippen molar-refractivity contribution in [3.05, 3.63) is 29.3 Å². The summed E-state index contributed by atoms with van der Waals surface area (Å²) in [7, 11) is 0. The third-order valence-electron chi connectivity index (χ3n) is 4.65. The van der Waals surface area contributed by atoms with E-state index in [1.165, 1.54) is 5.56 Å². The maximum Gasteiger partial charge on any atom is 0.322 e. The molecule has 1 atom stereocenters. The van der Waals surface area contributed by atoms with Gasteiger partial charge in [-0.1, -0.05) is 38.0 Å². The zero-order chi connectivity index (χ0) is 12.3. The number of carbonyl (C=O) groups excluding carboxylic acids is 1. The van der Waals surface area contributed by atoms with Gasteiger partial charge in [0.25, 0.3) is 0 Å². The summed E-state index contributed by atoms with van der Waals surface area (Å²) < 4.78 is 5.50. The lowest BCUT2D eigenvalue weighted by Gasteiger charge is -2.35. The lowest BCUT2D eigenvalue weighted by molar-refractivity contribution is -0.141. The number of benzene rings is 1. The van der Waals surface area contributed by atoms with Crippen LogP contribution in [0.3, 0.4) is 0 Å². The second kappa shape index (κ2) is 3.12. The molecule has 0 amide bonds. The van der Waals surface area contributed by atoms with Crippen LogP contribution in [0.1, 0.15) is 44.2 Å². The first-order valence-corrected chi connectivity index (χ1v) is 6.31. The predicted molar refractivity (Wildman–Crippen MR) is 66.1 cm³/mol. The molecule has 3 rings (SSSR count). The fourth-order valence-electron chi connectivity index (χ4n) is 3.59.